The largest absolute Gasteiger partial charge is 0.336 e. The molecule has 1 amide bonds. The number of carbonyl (C=O) groups excluding carboxylic acids is 1. The molecule has 0 aliphatic carbocycles. The van der Waals surface area contributed by atoms with Gasteiger partial charge in [-0.25, -0.2) is 0 Å². The molecule has 1 aliphatic rings. The summed E-state index contributed by atoms with van der Waals surface area (Å²) in [6, 6.07) is 2.26. The number of piperazine rings is 1. The van der Waals surface area contributed by atoms with Crippen LogP contribution >= 0.6 is 0 Å². The number of aromatic nitrogens is 1. The number of nitrogens with two attached hydrogens (primary N) is 1. The SMILES string of the molecule is CC(C)N1CCN(C(=O)c2ccncc2C#CCN)CC1. The van der Waals surface area contributed by atoms with Crippen LogP contribution in [0.2, 0.25) is 0 Å². The number of hydrogen-bond acceptors (Lipinski definition) is 4. The van der Waals surface area contributed by atoms with Crippen molar-refractivity contribution in [1.29, 1.82) is 0 Å². The topological polar surface area (TPSA) is 62.5 Å². The third-order valence-corrected chi connectivity index (χ3v) is 3.71. The van der Waals surface area contributed by atoms with Gasteiger partial charge >= 0.3 is 0 Å². The molecule has 0 saturated carbocycles. The van der Waals surface area contributed by atoms with E-state index in [2.05, 4.69) is 35.6 Å². The molecule has 0 unspecified atom stereocenters. The van der Waals surface area contributed by atoms with E-state index in [1.807, 2.05) is 4.90 Å². The molecule has 0 spiro atoms. The van der Waals surface area contributed by atoms with Gasteiger partial charge in [0.1, 0.15) is 0 Å². The van der Waals surface area contributed by atoms with Gasteiger partial charge in [-0.1, -0.05) is 11.8 Å². The van der Waals surface area contributed by atoms with Crippen LogP contribution < -0.4 is 5.73 Å². The molecule has 112 valence electrons. The highest BCUT2D eigenvalue weighted by Crippen LogP contribution is 2.13. The second-order valence-electron chi connectivity index (χ2n) is 5.35. The first-order valence-corrected chi connectivity index (χ1v) is 7.29. The van der Waals surface area contributed by atoms with E-state index in [-0.39, 0.29) is 12.5 Å². The third kappa shape index (κ3) is 3.81. The van der Waals surface area contributed by atoms with Crippen LogP contribution in [-0.4, -0.2) is 59.5 Å². The minimum Gasteiger partial charge on any atom is -0.336 e. The molecule has 2 N–H and O–H groups in total. The Bertz CT molecular complexity index is 551. The normalized spacial score (nSPS) is 15.7. The first-order chi connectivity index (χ1) is 10.1. The number of nitrogens with zero attached hydrogens (tertiary/aromatic N) is 3. The molecule has 0 aromatic carbocycles. The Balaban J connectivity index is 2.11. The molecular formula is C16H22N4O. The Morgan fingerprint density at radius 2 is 2.10 bits per heavy atom. The highest BCUT2D eigenvalue weighted by Gasteiger charge is 2.24. The van der Waals surface area contributed by atoms with Crippen molar-refractivity contribution in [2.45, 2.75) is 19.9 Å². The van der Waals surface area contributed by atoms with E-state index < -0.39 is 0 Å². The third-order valence-electron chi connectivity index (χ3n) is 3.71. The minimum atomic E-state index is 0.0297. The second kappa shape index (κ2) is 7.21. The van der Waals surface area contributed by atoms with Gasteiger partial charge < -0.3 is 10.6 Å². The lowest BCUT2D eigenvalue weighted by atomic mass is 10.1. The van der Waals surface area contributed by atoms with Gasteiger partial charge in [0.15, 0.2) is 0 Å². The quantitative estimate of drug-likeness (QED) is 0.807. The summed E-state index contributed by atoms with van der Waals surface area (Å²) in [4.78, 5) is 21.0. The van der Waals surface area contributed by atoms with E-state index in [1.54, 1.807) is 18.5 Å². The summed E-state index contributed by atoms with van der Waals surface area (Å²) in [6.07, 6.45) is 3.26. The van der Waals surface area contributed by atoms with Crippen LogP contribution in [0, 0.1) is 11.8 Å². The van der Waals surface area contributed by atoms with E-state index in [1.165, 1.54) is 0 Å². The zero-order valence-electron chi connectivity index (χ0n) is 12.7. The molecule has 5 heteroatoms. The van der Waals surface area contributed by atoms with Gasteiger partial charge in [0, 0.05) is 44.6 Å². The van der Waals surface area contributed by atoms with E-state index in [4.69, 9.17) is 5.73 Å². The first kappa shape index (κ1) is 15.5. The summed E-state index contributed by atoms with van der Waals surface area (Å²) in [7, 11) is 0. The van der Waals surface area contributed by atoms with E-state index in [9.17, 15) is 4.79 Å². The molecule has 1 fully saturated rings. The average molecular weight is 286 g/mol. The van der Waals surface area contributed by atoms with Crippen molar-refractivity contribution in [2.75, 3.05) is 32.7 Å². The van der Waals surface area contributed by atoms with E-state index in [0.29, 0.717) is 17.2 Å². The Hall–Kier alpha value is -1.90. The van der Waals surface area contributed by atoms with Crippen LogP contribution in [0.25, 0.3) is 0 Å². The van der Waals surface area contributed by atoms with Crippen molar-refractivity contribution in [3.05, 3.63) is 29.6 Å². The number of pyridine rings is 1. The van der Waals surface area contributed by atoms with Gasteiger partial charge in [0.2, 0.25) is 0 Å². The van der Waals surface area contributed by atoms with Gasteiger partial charge in [0.25, 0.3) is 5.91 Å². The van der Waals surface area contributed by atoms with Gasteiger partial charge in [-0.15, -0.1) is 0 Å². The fourth-order valence-electron chi connectivity index (χ4n) is 2.44. The van der Waals surface area contributed by atoms with Crippen molar-refractivity contribution >= 4 is 5.91 Å². The molecular weight excluding hydrogens is 264 g/mol. The van der Waals surface area contributed by atoms with Crippen molar-refractivity contribution in [3.8, 4) is 11.8 Å². The molecule has 1 aromatic rings. The summed E-state index contributed by atoms with van der Waals surface area (Å²) in [6.45, 7) is 7.97. The Kier molecular flexibility index (Phi) is 5.32. The maximum atomic E-state index is 12.6. The number of amides is 1. The van der Waals surface area contributed by atoms with Crippen LogP contribution in [-0.2, 0) is 0 Å². The second-order valence-corrected chi connectivity index (χ2v) is 5.35. The summed E-state index contributed by atoms with van der Waals surface area (Å²) >= 11 is 0. The van der Waals surface area contributed by atoms with Gasteiger partial charge in [-0.3, -0.25) is 14.7 Å². The lowest BCUT2D eigenvalue weighted by Crippen LogP contribution is -2.50. The van der Waals surface area contributed by atoms with Crippen molar-refractivity contribution in [3.63, 3.8) is 0 Å². The molecule has 2 rings (SSSR count). The predicted molar refractivity (Wildman–Crippen MR) is 82.8 cm³/mol. The van der Waals surface area contributed by atoms with Crippen molar-refractivity contribution in [1.82, 2.24) is 14.8 Å². The lowest BCUT2D eigenvalue weighted by Gasteiger charge is -2.37. The van der Waals surface area contributed by atoms with Crippen LogP contribution in [0.1, 0.15) is 29.8 Å². The van der Waals surface area contributed by atoms with Gasteiger partial charge in [0.05, 0.1) is 17.7 Å². The molecule has 0 radical (unpaired) electrons. The molecule has 1 saturated heterocycles. The fraction of sp³-hybridized carbons (Fsp3) is 0.500. The number of carbonyl (C=O) groups is 1. The monoisotopic (exact) mass is 286 g/mol. The predicted octanol–water partition coefficient (Wildman–Crippen LogP) is 0.558. The molecule has 1 aromatic heterocycles. The van der Waals surface area contributed by atoms with Gasteiger partial charge in [-0.05, 0) is 19.9 Å². The summed E-state index contributed by atoms with van der Waals surface area (Å²) < 4.78 is 0. The highest BCUT2D eigenvalue weighted by molar-refractivity contribution is 5.96. The molecule has 0 atom stereocenters. The minimum absolute atomic E-state index is 0.0297. The molecule has 2 heterocycles. The maximum absolute atomic E-state index is 12.6. The van der Waals surface area contributed by atoms with Crippen LogP contribution in [0.5, 0.6) is 0 Å². The van der Waals surface area contributed by atoms with Crippen LogP contribution in [0.15, 0.2) is 18.5 Å². The lowest BCUT2D eigenvalue weighted by molar-refractivity contribution is 0.0595. The van der Waals surface area contributed by atoms with Gasteiger partial charge in [-0.2, -0.15) is 0 Å². The van der Waals surface area contributed by atoms with Crippen molar-refractivity contribution < 1.29 is 4.79 Å². The molecule has 0 bridgehead atoms. The maximum Gasteiger partial charge on any atom is 0.255 e. The first-order valence-electron chi connectivity index (χ1n) is 7.29. The fourth-order valence-corrected chi connectivity index (χ4v) is 2.44. The summed E-state index contributed by atoms with van der Waals surface area (Å²) in [5.74, 6) is 5.74. The standard InChI is InChI=1S/C16H22N4O/c1-13(2)19-8-10-20(11-9-19)16(21)15-5-7-18-12-14(15)4-3-6-17/h5,7,12-13H,6,8-11,17H2,1-2H3. The Morgan fingerprint density at radius 3 is 2.71 bits per heavy atom. The Labute approximate surface area is 126 Å². The zero-order chi connectivity index (χ0) is 15.2. The Morgan fingerprint density at radius 1 is 1.38 bits per heavy atom. The number of rotatable bonds is 2. The summed E-state index contributed by atoms with van der Waals surface area (Å²) in [5.41, 5.74) is 6.66. The van der Waals surface area contributed by atoms with E-state index >= 15 is 0 Å². The molecule has 1 aliphatic heterocycles. The smallest absolute Gasteiger partial charge is 0.255 e. The average Bonchev–Trinajstić information content (AvgIpc) is 2.52. The zero-order valence-corrected chi connectivity index (χ0v) is 12.7. The van der Waals surface area contributed by atoms with Crippen molar-refractivity contribution in [2.24, 2.45) is 5.73 Å². The van der Waals surface area contributed by atoms with Crippen LogP contribution in [0.4, 0.5) is 0 Å². The number of hydrogen-bond donors (Lipinski definition) is 1. The highest BCUT2D eigenvalue weighted by atomic mass is 16.2. The van der Waals surface area contributed by atoms with Crippen LogP contribution in [0.3, 0.4) is 0 Å². The van der Waals surface area contributed by atoms with E-state index in [0.717, 1.165) is 26.2 Å². The molecule has 21 heavy (non-hydrogen) atoms. The molecule has 5 nitrogen and oxygen atoms in total. The summed E-state index contributed by atoms with van der Waals surface area (Å²) in [5, 5.41) is 0.